The number of urea groups is 1. The fraction of sp³-hybridized carbons (Fsp3) is 0.364. The Balaban J connectivity index is 1.69. The van der Waals surface area contributed by atoms with Gasteiger partial charge in [-0.05, 0) is 37.1 Å². The van der Waals surface area contributed by atoms with E-state index in [-0.39, 0.29) is 36.2 Å². The summed E-state index contributed by atoms with van der Waals surface area (Å²) in [6, 6.07) is 7.62. The summed E-state index contributed by atoms with van der Waals surface area (Å²) in [7, 11) is 0. The lowest BCUT2D eigenvalue weighted by atomic mass is 9.89. The monoisotopic (exact) mass is 425 g/mol. The molecule has 0 N–H and O–H groups in total. The van der Waals surface area contributed by atoms with Crippen LogP contribution in [-0.2, 0) is 12.7 Å². The molecule has 4 rings (SSSR count). The van der Waals surface area contributed by atoms with Gasteiger partial charge in [0.25, 0.3) is 5.82 Å². The van der Waals surface area contributed by atoms with Gasteiger partial charge in [-0.15, -0.1) is 4.98 Å². The average molecular weight is 425 g/mol. The van der Waals surface area contributed by atoms with Crippen LogP contribution in [0, 0.1) is 17.9 Å². The molecule has 1 saturated heterocycles. The number of anilines is 1. The maximum absolute atomic E-state index is 13.5. The molecular weight excluding hydrogens is 407 g/mol. The lowest BCUT2D eigenvalue weighted by Crippen LogP contribution is -2.39. The molecule has 0 unspecified atom stereocenters. The number of hydrogen-bond donors (Lipinski definition) is 0. The van der Waals surface area contributed by atoms with Gasteiger partial charge >= 0.3 is 12.2 Å². The van der Waals surface area contributed by atoms with Crippen molar-refractivity contribution in [3.05, 3.63) is 64.6 Å². The summed E-state index contributed by atoms with van der Waals surface area (Å²) < 4.78 is 40.4. The number of aromatic nitrogens is 1. The third-order valence-corrected chi connectivity index (χ3v) is 5.86. The van der Waals surface area contributed by atoms with Crippen LogP contribution in [0.1, 0.15) is 42.4 Å². The molecule has 2 atom stereocenters. The van der Waals surface area contributed by atoms with E-state index in [0.29, 0.717) is 6.42 Å². The fourth-order valence-electron chi connectivity index (χ4n) is 4.45. The topological polar surface area (TPSA) is 64.6 Å². The molecule has 0 bridgehead atoms. The molecule has 2 heterocycles. The predicted octanol–water partition coefficient (Wildman–Crippen LogP) is 5.28. The van der Waals surface area contributed by atoms with E-state index < -0.39 is 17.3 Å². The number of pyridine rings is 1. The quantitative estimate of drug-likeness (QED) is 0.629. The van der Waals surface area contributed by atoms with Gasteiger partial charge < -0.3 is 9.74 Å². The van der Waals surface area contributed by atoms with Crippen LogP contribution in [-0.4, -0.2) is 28.0 Å². The van der Waals surface area contributed by atoms with Gasteiger partial charge in [-0.3, -0.25) is 4.90 Å². The molecule has 1 aromatic carbocycles. The van der Waals surface area contributed by atoms with Gasteiger partial charge in [-0.25, -0.2) is 4.79 Å². The molecule has 2 amide bonds. The van der Waals surface area contributed by atoms with E-state index in [1.54, 1.807) is 29.3 Å². The molecule has 6 nitrogen and oxygen atoms in total. The third-order valence-electron chi connectivity index (χ3n) is 5.86. The zero-order valence-electron chi connectivity index (χ0n) is 16.4. The van der Waals surface area contributed by atoms with E-state index >= 15 is 0 Å². The van der Waals surface area contributed by atoms with Crippen molar-refractivity contribution < 1.29 is 18.0 Å². The van der Waals surface area contributed by atoms with Crippen LogP contribution < -0.4 is 4.90 Å². The van der Waals surface area contributed by atoms with E-state index in [2.05, 4.69) is 9.83 Å². The lowest BCUT2D eigenvalue weighted by Gasteiger charge is -2.32. The molecule has 2 fully saturated rings. The first-order valence-corrected chi connectivity index (χ1v) is 9.87. The minimum absolute atomic E-state index is 0.119. The highest BCUT2D eigenvalue weighted by Crippen LogP contribution is 2.40. The molecule has 1 aromatic heterocycles. The van der Waals surface area contributed by atoms with Crippen molar-refractivity contribution in [1.29, 1.82) is 5.26 Å². The smallest absolute Gasteiger partial charge is 0.361 e. The fourth-order valence-corrected chi connectivity index (χ4v) is 4.45. The molecule has 2 aromatic rings. The van der Waals surface area contributed by atoms with Crippen molar-refractivity contribution in [3.8, 4) is 6.07 Å². The molecule has 31 heavy (non-hydrogen) atoms. The first-order valence-electron chi connectivity index (χ1n) is 9.87. The highest BCUT2D eigenvalue weighted by molar-refractivity contribution is 5.96. The summed E-state index contributed by atoms with van der Waals surface area (Å²) in [6.45, 7) is 7.26. The average Bonchev–Trinajstić information content (AvgIpc) is 3.04. The summed E-state index contributed by atoms with van der Waals surface area (Å²) in [4.78, 5) is 23.8. The summed E-state index contributed by atoms with van der Waals surface area (Å²) in [5, 5.41) is 9.06. The van der Waals surface area contributed by atoms with Crippen LogP contribution in [0.4, 0.5) is 29.5 Å². The van der Waals surface area contributed by atoms with Crippen molar-refractivity contribution in [2.75, 3.05) is 4.90 Å². The van der Waals surface area contributed by atoms with Crippen LogP contribution in [0.3, 0.4) is 0 Å². The zero-order chi connectivity index (χ0) is 22.2. The summed E-state index contributed by atoms with van der Waals surface area (Å²) >= 11 is 0. The van der Waals surface area contributed by atoms with Gasteiger partial charge in [0, 0.05) is 11.3 Å². The first kappa shape index (κ1) is 20.7. The predicted molar refractivity (Wildman–Crippen MR) is 106 cm³/mol. The van der Waals surface area contributed by atoms with Crippen LogP contribution in [0.15, 0.2) is 36.5 Å². The Labute approximate surface area is 177 Å². The van der Waals surface area contributed by atoms with Crippen molar-refractivity contribution >= 4 is 17.5 Å². The van der Waals surface area contributed by atoms with Crippen molar-refractivity contribution in [1.82, 2.24) is 9.88 Å². The first-order chi connectivity index (χ1) is 14.8. The molecule has 9 heteroatoms. The summed E-state index contributed by atoms with van der Waals surface area (Å²) in [5.74, 6) is 0.255. The molecule has 1 aliphatic heterocycles. The molecular formula is C22H18F3N5O. The van der Waals surface area contributed by atoms with Gasteiger partial charge in [-0.2, -0.15) is 18.4 Å². The van der Waals surface area contributed by atoms with Gasteiger partial charge in [0.2, 0.25) is 0 Å². The van der Waals surface area contributed by atoms with Crippen LogP contribution in [0.2, 0.25) is 0 Å². The van der Waals surface area contributed by atoms with E-state index in [9.17, 15) is 18.0 Å². The molecule has 1 aliphatic carbocycles. The Bertz CT molecular complexity index is 1080. The second kappa shape index (κ2) is 7.92. The Morgan fingerprint density at radius 1 is 1.19 bits per heavy atom. The highest BCUT2D eigenvalue weighted by Gasteiger charge is 2.47. The van der Waals surface area contributed by atoms with Gasteiger partial charge in [0.1, 0.15) is 6.20 Å². The second-order valence-corrected chi connectivity index (χ2v) is 7.68. The molecule has 0 radical (unpaired) electrons. The molecule has 158 valence electrons. The van der Waals surface area contributed by atoms with Gasteiger partial charge in [0.15, 0.2) is 0 Å². The van der Waals surface area contributed by atoms with Gasteiger partial charge in [0.05, 0.1) is 35.8 Å². The van der Waals surface area contributed by atoms with Gasteiger partial charge in [-0.1, -0.05) is 25.5 Å². The number of alkyl halides is 3. The van der Waals surface area contributed by atoms with Crippen LogP contribution in [0.25, 0.3) is 4.85 Å². The number of amides is 2. The van der Waals surface area contributed by atoms with E-state index in [1.807, 2.05) is 0 Å². The number of nitrogens with zero attached hydrogens (tertiary/aromatic N) is 5. The Morgan fingerprint density at radius 2 is 1.94 bits per heavy atom. The third kappa shape index (κ3) is 3.79. The maximum atomic E-state index is 13.5. The Kier molecular flexibility index (Phi) is 5.28. The minimum Gasteiger partial charge on any atom is -0.361 e. The Morgan fingerprint density at radius 3 is 2.55 bits per heavy atom. The summed E-state index contributed by atoms with van der Waals surface area (Å²) in [6.07, 6.45) is 0.153. The normalized spacial score (nSPS) is 20.9. The lowest BCUT2D eigenvalue weighted by molar-refractivity contribution is -0.137. The highest BCUT2D eigenvalue weighted by atomic mass is 19.4. The number of halogens is 3. The van der Waals surface area contributed by atoms with E-state index in [0.717, 1.165) is 37.0 Å². The van der Waals surface area contributed by atoms with E-state index in [4.69, 9.17) is 11.8 Å². The second-order valence-electron chi connectivity index (χ2n) is 7.68. The largest absolute Gasteiger partial charge is 0.417 e. The molecule has 1 saturated carbocycles. The standard InChI is InChI=1S/C22H18F3N5O/c1-27-20-9-6-14(12-28-20)13-29-18-4-2-3-5-19(18)30(21(29)31)16-8-7-15(11-26)17(10-16)22(23,24)25/h6-10,12,18-19H,2-5,13H2/t18-,19-/m0/s1. The van der Waals surface area contributed by atoms with Crippen molar-refractivity contribution in [2.24, 2.45) is 0 Å². The number of benzene rings is 1. The Hall–Kier alpha value is -3.59. The van der Waals surface area contributed by atoms with Crippen LogP contribution >= 0.6 is 0 Å². The summed E-state index contributed by atoms with van der Waals surface area (Å²) in [5.41, 5.74) is -0.601. The van der Waals surface area contributed by atoms with Crippen molar-refractivity contribution in [3.63, 3.8) is 0 Å². The van der Waals surface area contributed by atoms with Crippen LogP contribution in [0.5, 0.6) is 0 Å². The number of carbonyl (C=O) groups is 1. The molecule has 0 spiro atoms. The zero-order valence-corrected chi connectivity index (χ0v) is 16.4. The number of nitriles is 1. The number of rotatable bonds is 3. The maximum Gasteiger partial charge on any atom is 0.417 e. The SMILES string of the molecule is [C-]#[N+]c1ccc(CN2C(=O)N(c3ccc(C#N)c(C(F)(F)F)c3)[C@H]3CCCC[C@@H]32)cn1. The minimum atomic E-state index is -4.69. The number of hydrogen-bond acceptors (Lipinski definition) is 3. The van der Waals surface area contributed by atoms with Crippen molar-refractivity contribution in [2.45, 2.75) is 50.5 Å². The molecule has 2 aliphatic rings. The van der Waals surface area contributed by atoms with E-state index in [1.165, 1.54) is 11.0 Å². The number of carbonyl (C=O) groups excluding carboxylic acids is 1. The number of fused-ring (bicyclic) bond motifs is 1.